The minimum Gasteiger partial charge on any atom is -0.378 e. The van der Waals surface area contributed by atoms with Gasteiger partial charge in [0.2, 0.25) is 0 Å². The molecule has 0 heterocycles. The predicted octanol–water partition coefficient (Wildman–Crippen LogP) is 6.20. The molecule has 0 saturated carbocycles. The molecule has 0 aliphatic carbocycles. The molecule has 7 heteroatoms. The van der Waals surface area contributed by atoms with Crippen LogP contribution in [0, 0.1) is 5.82 Å². The third-order valence-corrected chi connectivity index (χ3v) is 5.97. The van der Waals surface area contributed by atoms with E-state index < -0.39 is 11.8 Å². The molecule has 2 amide bonds. The van der Waals surface area contributed by atoms with Crippen LogP contribution >= 0.6 is 0 Å². The summed E-state index contributed by atoms with van der Waals surface area (Å²) in [7, 11) is 3.87. The molecule has 0 unspecified atom stereocenters. The first-order valence-electron chi connectivity index (χ1n) is 12.5. The molecule has 0 aliphatic rings. The van der Waals surface area contributed by atoms with E-state index >= 15 is 0 Å². The zero-order valence-corrected chi connectivity index (χ0v) is 22.1. The van der Waals surface area contributed by atoms with Crippen molar-refractivity contribution in [3.63, 3.8) is 0 Å². The van der Waals surface area contributed by atoms with Crippen molar-refractivity contribution in [1.29, 1.82) is 0 Å². The second-order valence-electron chi connectivity index (χ2n) is 9.14. The molecular formula is C33H28FN3O3. The Morgan fingerprint density at radius 1 is 0.725 bits per heavy atom. The van der Waals surface area contributed by atoms with E-state index in [2.05, 4.69) is 10.6 Å². The lowest BCUT2D eigenvalue weighted by atomic mass is 10.1. The van der Waals surface area contributed by atoms with Gasteiger partial charge in [-0.05, 0) is 83.9 Å². The Hall–Kier alpha value is -5.30. The number of allylic oxidation sites excluding steroid dienone is 1. The molecule has 4 rings (SSSR count). The number of nitrogens with zero attached hydrogens (tertiary/aromatic N) is 1. The van der Waals surface area contributed by atoms with E-state index in [1.165, 1.54) is 18.2 Å². The van der Waals surface area contributed by atoms with Gasteiger partial charge in [0, 0.05) is 36.6 Å². The van der Waals surface area contributed by atoms with E-state index in [1.807, 2.05) is 43.3 Å². The van der Waals surface area contributed by atoms with Gasteiger partial charge in [-0.1, -0.05) is 48.5 Å². The Bertz CT molecular complexity index is 1540. The molecule has 6 nitrogen and oxygen atoms in total. The highest BCUT2D eigenvalue weighted by molar-refractivity contribution is 6.11. The summed E-state index contributed by atoms with van der Waals surface area (Å²) in [5.41, 5.74) is 3.79. The van der Waals surface area contributed by atoms with Crippen molar-refractivity contribution in [3.8, 4) is 0 Å². The molecular weight excluding hydrogens is 505 g/mol. The molecule has 0 fully saturated rings. The number of anilines is 2. The van der Waals surface area contributed by atoms with Crippen LogP contribution < -0.4 is 15.5 Å². The van der Waals surface area contributed by atoms with Gasteiger partial charge in [-0.3, -0.25) is 14.4 Å². The third-order valence-electron chi connectivity index (χ3n) is 5.97. The van der Waals surface area contributed by atoms with Crippen LogP contribution in [0.4, 0.5) is 15.8 Å². The molecule has 0 aliphatic heterocycles. The van der Waals surface area contributed by atoms with Crippen molar-refractivity contribution < 1.29 is 18.8 Å². The molecule has 0 aromatic heterocycles. The van der Waals surface area contributed by atoms with Crippen molar-refractivity contribution in [2.45, 2.75) is 0 Å². The number of carbonyl (C=O) groups excluding carboxylic acids is 3. The smallest absolute Gasteiger partial charge is 0.272 e. The third kappa shape index (κ3) is 7.61. The van der Waals surface area contributed by atoms with E-state index in [0.29, 0.717) is 22.4 Å². The predicted molar refractivity (Wildman–Crippen MR) is 157 cm³/mol. The van der Waals surface area contributed by atoms with Crippen LogP contribution in [0.1, 0.15) is 31.8 Å². The highest BCUT2D eigenvalue weighted by Gasteiger charge is 2.15. The minimum atomic E-state index is -0.517. The van der Waals surface area contributed by atoms with Crippen LogP contribution in [0.15, 0.2) is 115 Å². The molecule has 2 N–H and O–H groups in total. The first-order chi connectivity index (χ1) is 19.3. The topological polar surface area (TPSA) is 78.5 Å². The lowest BCUT2D eigenvalue weighted by Crippen LogP contribution is -2.30. The molecule has 200 valence electrons. The molecule has 0 saturated heterocycles. The van der Waals surface area contributed by atoms with E-state index in [9.17, 15) is 18.8 Å². The lowest BCUT2D eigenvalue weighted by Gasteiger charge is -2.13. The Morgan fingerprint density at radius 2 is 1.35 bits per heavy atom. The van der Waals surface area contributed by atoms with E-state index in [4.69, 9.17) is 0 Å². The maximum Gasteiger partial charge on any atom is 0.272 e. The van der Waals surface area contributed by atoms with Gasteiger partial charge < -0.3 is 15.5 Å². The number of rotatable bonds is 9. The largest absolute Gasteiger partial charge is 0.378 e. The second kappa shape index (κ2) is 13.0. The molecule has 0 bridgehead atoms. The Morgan fingerprint density at radius 3 is 1.98 bits per heavy atom. The van der Waals surface area contributed by atoms with Gasteiger partial charge in [0.1, 0.15) is 11.5 Å². The molecule has 0 atom stereocenters. The fourth-order valence-electron chi connectivity index (χ4n) is 3.74. The SMILES string of the molecule is CN(C)c1ccc(/C=C(\NC(=O)c2ccccc2)C(=O)Nc2ccc(C(=O)/C=C/c3ccc(F)cc3)cc2)cc1. The molecule has 0 spiro atoms. The maximum atomic E-state index is 13.3. The second-order valence-corrected chi connectivity index (χ2v) is 9.14. The highest BCUT2D eigenvalue weighted by Crippen LogP contribution is 2.17. The number of carbonyl (C=O) groups is 3. The quantitative estimate of drug-likeness (QED) is 0.198. The van der Waals surface area contributed by atoms with Crippen LogP contribution in [-0.2, 0) is 4.79 Å². The van der Waals surface area contributed by atoms with Gasteiger partial charge in [-0.25, -0.2) is 4.39 Å². The van der Waals surface area contributed by atoms with Crippen LogP contribution in [0.2, 0.25) is 0 Å². The van der Waals surface area contributed by atoms with Crippen LogP contribution in [0.5, 0.6) is 0 Å². The lowest BCUT2D eigenvalue weighted by molar-refractivity contribution is -0.113. The summed E-state index contributed by atoms with van der Waals surface area (Å²) in [6.45, 7) is 0. The first kappa shape index (κ1) is 27.7. The summed E-state index contributed by atoms with van der Waals surface area (Å²) in [5, 5.41) is 5.50. The van der Waals surface area contributed by atoms with Gasteiger partial charge in [0.05, 0.1) is 0 Å². The molecule has 4 aromatic carbocycles. The first-order valence-corrected chi connectivity index (χ1v) is 12.5. The summed E-state index contributed by atoms with van der Waals surface area (Å²) in [6.07, 6.45) is 4.62. The number of benzene rings is 4. The van der Waals surface area contributed by atoms with E-state index in [-0.39, 0.29) is 17.3 Å². The monoisotopic (exact) mass is 533 g/mol. The Kier molecular flexibility index (Phi) is 8.99. The van der Waals surface area contributed by atoms with Crippen molar-refractivity contribution in [1.82, 2.24) is 5.32 Å². The summed E-state index contributed by atoms with van der Waals surface area (Å²) in [5.74, 6) is -1.52. The number of hydrogen-bond acceptors (Lipinski definition) is 4. The summed E-state index contributed by atoms with van der Waals surface area (Å²) in [6, 6.07) is 28.4. The van der Waals surface area contributed by atoms with E-state index in [1.54, 1.807) is 78.9 Å². The Labute approximate surface area is 232 Å². The van der Waals surface area contributed by atoms with Crippen LogP contribution in [0.3, 0.4) is 0 Å². The molecule has 4 aromatic rings. The number of ketones is 1. The van der Waals surface area contributed by atoms with Crippen molar-refractivity contribution >= 4 is 41.1 Å². The average Bonchev–Trinajstić information content (AvgIpc) is 2.97. The number of nitrogens with one attached hydrogen (secondary N) is 2. The average molecular weight is 534 g/mol. The van der Waals surface area contributed by atoms with Gasteiger partial charge in [0.25, 0.3) is 11.8 Å². The summed E-state index contributed by atoms with van der Waals surface area (Å²) < 4.78 is 13.1. The highest BCUT2D eigenvalue weighted by atomic mass is 19.1. The van der Waals surface area contributed by atoms with Crippen molar-refractivity contribution in [3.05, 3.63) is 143 Å². The normalized spacial score (nSPS) is 11.2. The van der Waals surface area contributed by atoms with Gasteiger partial charge in [0.15, 0.2) is 5.78 Å². The van der Waals surface area contributed by atoms with Gasteiger partial charge in [-0.15, -0.1) is 0 Å². The summed E-state index contributed by atoms with van der Waals surface area (Å²) >= 11 is 0. The van der Waals surface area contributed by atoms with Crippen LogP contribution in [0.25, 0.3) is 12.2 Å². The maximum absolute atomic E-state index is 13.3. The molecule has 0 radical (unpaired) electrons. The van der Waals surface area contributed by atoms with Crippen molar-refractivity contribution in [2.75, 3.05) is 24.3 Å². The zero-order valence-electron chi connectivity index (χ0n) is 22.1. The van der Waals surface area contributed by atoms with Gasteiger partial charge in [-0.2, -0.15) is 0 Å². The number of hydrogen-bond donors (Lipinski definition) is 2. The van der Waals surface area contributed by atoms with Gasteiger partial charge >= 0.3 is 0 Å². The summed E-state index contributed by atoms with van der Waals surface area (Å²) in [4.78, 5) is 40.6. The number of halogens is 1. The fraction of sp³-hybridized carbons (Fsp3) is 0.0606. The standard InChI is InChI=1S/C33H28FN3O3/c1-37(2)29-19-10-24(11-20-29)22-30(36-32(39)26-6-4-3-5-7-26)33(40)35-28-17-13-25(14-18-28)31(38)21-12-23-8-15-27(34)16-9-23/h3-22H,1-2H3,(H,35,40)(H,36,39)/b21-12+,30-22-. The van der Waals surface area contributed by atoms with Crippen LogP contribution in [-0.4, -0.2) is 31.7 Å². The minimum absolute atomic E-state index is 0.0637. The number of amides is 2. The van der Waals surface area contributed by atoms with E-state index in [0.717, 1.165) is 11.3 Å². The van der Waals surface area contributed by atoms with Crippen molar-refractivity contribution in [2.24, 2.45) is 0 Å². The molecule has 40 heavy (non-hydrogen) atoms. The Balaban J connectivity index is 1.50. The fourth-order valence-corrected chi connectivity index (χ4v) is 3.74. The zero-order chi connectivity index (χ0) is 28.5.